The van der Waals surface area contributed by atoms with E-state index in [0.29, 0.717) is 5.78 Å². The molecule has 0 aromatic rings. The minimum Gasteiger partial charge on any atom is -0.297 e. The van der Waals surface area contributed by atoms with Gasteiger partial charge in [-0.15, -0.1) is 0 Å². The van der Waals surface area contributed by atoms with E-state index in [9.17, 15) is 4.79 Å². The van der Waals surface area contributed by atoms with E-state index in [1.807, 2.05) is 27.8 Å². The number of hydrazine groups is 1. The fourth-order valence-electron chi connectivity index (χ4n) is 3.31. The summed E-state index contributed by atoms with van der Waals surface area (Å²) < 4.78 is 0. The zero-order chi connectivity index (χ0) is 14.7. The van der Waals surface area contributed by atoms with E-state index in [4.69, 9.17) is 0 Å². The molecule has 0 heterocycles. The summed E-state index contributed by atoms with van der Waals surface area (Å²) in [5.74, 6) is 1.06. The van der Waals surface area contributed by atoms with Crippen molar-refractivity contribution in [2.45, 2.75) is 72.8 Å². The van der Waals surface area contributed by atoms with Crippen LogP contribution in [0.1, 0.15) is 66.7 Å². The van der Waals surface area contributed by atoms with Gasteiger partial charge in [-0.3, -0.25) is 10.2 Å². The zero-order valence-electron chi connectivity index (χ0n) is 13.6. The van der Waals surface area contributed by atoms with Crippen LogP contribution < -0.4 is 10.9 Å². The Morgan fingerprint density at radius 2 is 1.68 bits per heavy atom. The summed E-state index contributed by atoms with van der Waals surface area (Å²) in [5.41, 5.74) is 6.07. The van der Waals surface area contributed by atoms with Gasteiger partial charge in [0.1, 0.15) is 0 Å². The maximum Gasteiger partial charge on any atom is 0.156 e. The highest BCUT2D eigenvalue weighted by molar-refractivity contribution is 5.88. The van der Waals surface area contributed by atoms with Crippen molar-refractivity contribution in [3.8, 4) is 0 Å². The van der Waals surface area contributed by atoms with Crippen molar-refractivity contribution in [3.63, 3.8) is 0 Å². The van der Waals surface area contributed by atoms with E-state index in [1.54, 1.807) is 0 Å². The second-order valence-corrected chi connectivity index (χ2v) is 7.74. The van der Waals surface area contributed by atoms with Crippen molar-refractivity contribution in [1.82, 2.24) is 10.9 Å². The molecule has 0 amide bonds. The van der Waals surface area contributed by atoms with Crippen LogP contribution in [0.5, 0.6) is 0 Å². The van der Waals surface area contributed by atoms with Gasteiger partial charge in [0.2, 0.25) is 0 Å². The molecule has 3 nitrogen and oxygen atoms in total. The van der Waals surface area contributed by atoms with Gasteiger partial charge in [0.25, 0.3) is 0 Å². The second kappa shape index (κ2) is 6.36. The molecule has 0 aromatic carbocycles. The van der Waals surface area contributed by atoms with E-state index in [-0.39, 0.29) is 16.9 Å². The van der Waals surface area contributed by atoms with Crippen LogP contribution in [0, 0.1) is 16.7 Å². The highest BCUT2D eigenvalue weighted by Gasteiger charge is 2.38. The minimum atomic E-state index is -0.291. The van der Waals surface area contributed by atoms with Crippen LogP contribution >= 0.6 is 0 Å². The van der Waals surface area contributed by atoms with Crippen LogP contribution in [0.2, 0.25) is 0 Å². The fourth-order valence-corrected chi connectivity index (χ4v) is 3.31. The lowest BCUT2D eigenvalue weighted by Crippen LogP contribution is -2.50. The van der Waals surface area contributed by atoms with E-state index in [0.717, 1.165) is 12.3 Å². The summed E-state index contributed by atoms with van der Waals surface area (Å²) in [5, 5.41) is 0. The smallest absolute Gasteiger partial charge is 0.156 e. The van der Waals surface area contributed by atoms with Crippen molar-refractivity contribution in [2.75, 3.05) is 7.05 Å². The minimum absolute atomic E-state index is 0.0967. The molecule has 1 atom stereocenters. The summed E-state index contributed by atoms with van der Waals surface area (Å²) in [7, 11) is 1.84. The molecule has 1 rings (SSSR count). The predicted molar refractivity (Wildman–Crippen MR) is 80.8 cm³/mol. The van der Waals surface area contributed by atoms with Crippen LogP contribution in [0.3, 0.4) is 0 Å². The van der Waals surface area contributed by atoms with Crippen LogP contribution in [-0.4, -0.2) is 18.9 Å². The molecule has 2 N–H and O–H groups in total. The van der Waals surface area contributed by atoms with Crippen LogP contribution in [0.25, 0.3) is 0 Å². The number of carbonyl (C=O) groups excluding carboxylic acids is 1. The van der Waals surface area contributed by atoms with Crippen LogP contribution in [0.15, 0.2) is 0 Å². The molecule has 1 aliphatic carbocycles. The quantitative estimate of drug-likeness (QED) is 0.726. The number of nitrogens with one attached hydrogen (secondary N) is 2. The van der Waals surface area contributed by atoms with Gasteiger partial charge in [0.15, 0.2) is 5.78 Å². The molecule has 1 aliphatic rings. The average Bonchev–Trinajstić information content (AvgIpc) is 2.80. The van der Waals surface area contributed by atoms with E-state index >= 15 is 0 Å². The number of rotatable bonds is 6. The van der Waals surface area contributed by atoms with E-state index < -0.39 is 0 Å². The van der Waals surface area contributed by atoms with Gasteiger partial charge >= 0.3 is 0 Å². The molecule has 1 unspecified atom stereocenters. The van der Waals surface area contributed by atoms with Gasteiger partial charge in [-0.25, -0.2) is 5.43 Å². The van der Waals surface area contributed by atoms with Crippen molar-refractivity contribution < 1.29 is 4.79 Å². The third kappa shape index (κ3) is 4.57. The van der Waals surface area contributed by atoms with E-state index in [2.05, 4.69) is 24.7 Å². The predicted octanol–water partition coefficient (Wildman–Crippen LogP) is 3.30. The first-order valence-corrected chi connectivity index (χ1v) is 7.65. The van der Waals surface area contributed by atoms with Gasteiger partial charge in [0, 0.05) is 5.41 Å². The first-order chi connectivity index (χ1) is 8.68. The summed E-state index contributed by atoms with van der Waals surface area (Å²) in [6, 6.07) is -0.0967. The molecule has 0 spiro atoms. The molecular weight excluding hydrogens is 236 g/mol. The van der Waals surface area contributed by atoms with Gasteiger partial charge in [-0.05, 0) is 37.6 Å². The highest BCUT2D eigenvalue weighted by atomic mass is 16.1. The molecular formula is C16H32N2O. The standard InChI is InChI=1S/C16H32N2O/c1-15(2,3)14(19)13(18-17-6)11-16(4,5)12-9-7-8-10-12/h12-13,17-18H,7-11H2,1-6H3. The maximum absolute atomic E-state index is 12.5. The summed E-state index contributed by atoms with van der Waals surface area (Å²) >= 11 is 0. The van der Waals surface area contributed by atoms with Gasteiger partial charge in [0.05, 0.1) is 6.04 Å². The molecule has 1 fully saturated rings. The van der Waals surface area contributed by atoms with Crippen molar-refractivity contribution in [3.05, 3.63) is 0 Å². The van der Waals surface area contributed by atoms with Crippen molar-refractivity contribution >= 4 is 5.78 Å². The fraction of sp³-hybridized carbons (Fsp3) is 0.938. The number of hydrogen-bond donors (Lipinski definition) is 2. The number of ketones is 1. The SMILES string of the molecule is CNNC(CC(C)(C)C1CCCC1)C(=O)C(C)(C)C. The lowest BCUT2D eigenvalue weighted by Gasteiger charge is -2.36. The molecule has 0 bridgehead atoms. The molecule has 19 heavy (non-hydrogen) atoms. The number of hydrogen-bond acceptors (Lipinski definition) is 3. The Hall–Kier alpha value is -0.410. The van der Waals surface area contributed by atoms with E-state index in [1.165, 1.54) is 25.7 Å². The third-order valence-electron chi connectivity index (χ3n) is 4.56. The summed E-state index contributed by atoms with van der Waals surface area (Å²) in [4.78, 5) is 12.5. The topological polar surface area (TPSA) is 41.1 Å². The highest BCUT2D eigenvalue weighted by Crippen LogP contribution is 2.43. The molecule has 112 valence electrons. The monoisotopic (exact) mass is 268 g/mol. The molecule has 1 saturated carbocycles. The van der Waals surface area contributed by atoms with Gasteiger partial charge < -0.3 is 0 Å². The van der Waals surface area contributed by atoms with Crippen molar-refractivity contribution in [2.24, 2.45) is 16.7 Å². The van der Waals surface area contributed by atoms with Crippen molar-refractivity contribution in [1.29, 1.82) is 0 Å². The third-order valence-corrected chi connectivity index (χ3v) is 4.56. The Kier molecular flexibility index (Phi) is 5.57. The lowest BCUT2D eigenvalue weighted by molar-refractivity contribution is -0.129. The number of carbonyl (C=O) groups is 1. The maximum atomic E-state index is 12.5. The van der Waals surface area contributed by atoms with Crippen LogP contribution in [0.4, 0.5) is 0 Å². The molecule has 3 heteroatoms. The normalized spacial score (nSPS) is 19.7. The van der Waals surface area contributed by atoms with Gasteiger partial charge in [-0.2, -0.15) is 0 Å². The second-order valence-electron chi connectivity index (χ2n) is 7.74. The summed E-state index contributed by atoms with van der Waals surface area (Å²) in [6.07, 6.45) is 6.26. The molecule has 0 aromatic heterocycles. The lowest BCUT2D eigenvalue weighted by atomic mass is 9.71. The van der Waals surface area contributed by atoms with Gasteiger partial charge in [-0.1, -0.05) is 47.5 Å². The number of Topliss-reactive ketones (excluding diaryl/α,β-unsaturated/α-hetero) is 1. The Morgan fingerprint density at radius 3 is 2.11 bits per heavy atom. The van der Waals surface area contributed by atoms with Crippen LogP contribution in [-0.2, 0) is 4.79 Å². The Balaban J connectivity index is 2.74. The summed E-state index contributed by atoms with van der Waals surface area (Å²) in [6.45, 7) is 10.7. The Morgan fingerprint density at radius 1 is 1.16 bits per heavy atom. The molecule has 0 radical (unpaired) electrons. The first-order valence-electron chi connectivity index (χ1n) is 7.65. The Labute approximate surface area is 118 Å². The molecule has 0 saturated heterocycles. The Bertz CT molecular complexity index is 298. The molecule has 0 aliphatic heterocycles. The first kappa shape index (κ1) is 16.6. The average molecular weight is 268 g/mol. The zero-order valence-corrected chi connectivity index (χ0v) is 13.6. The largest absolute Gasteiger partial charge is 0.297 e.